The van der Waals surface area contributed by atoms with Gasteiger partial charge in [0.25, 0.3) is 5.91 Å². The molecule has 1 fully saturated rings. The molecule has 1 aromatic heterocycles. The monoisotopic (exact) mass is 514 g/mol. The summed E-state index contributed by atoms with van der Waals surface area (Å²) in [6.07, 6.45) is -5.90. The van der Waals surface area contributed by atoms with Crippen LogP contribution in [0.4, 0.5) is 37.7 Å². The highest BCUT2D eigenvalue weighted by Gasteiger charge is 2.39. The third-order valence-corrected chi connectivity index (χ3v) is 7.06. The fraction of sp³-hybridized carbons (Fsp3) is 0.520. The molecular weight excluding hydrogens is 486 g/mol. The number of para-hydroxylation sites is 1. The predicted octanol–water partition coefficient (Wildman–Crippen LogP) is 5.68. The number of benzene rings is 1. The largest absolute Gasteiger partial charge is 0.433 e. The van der Waals surface area contributed by atoms with Gasteiger partial charge in [0.05, 0.1) is 11.3 Å². The number of hydrogen-bond acceptors (Lipinski definition) is 4. The molecule has 0 radical (unpaired) electrons. The van der Waals surface area contributed by atoms with Gasteiger partial charge in [-0.3, -0.25) is 4.79 Å². The minimum absolute atomic E-state index is 0.124. The van der Waals surface area contributed by atoms with Gasteiger partial charge in [-0.15, -0.1) is 0 Å². The zero-order valence-electron chi connectivity index (χ0n) is 20.0. The van der Waals surface area contributed by atoms with E-state index in [0.717, 1.165) is 30.6 Å². The highest BCUT2D eigenvalue weighted by molar-refractivity contribution is 6.00. The number of alkyl halides is 6. The summed E-state index contributed by atoms with van der Waals surface area (Å²) in [6, 6.07) is 6.61. The molecular formula is C25H28F6N4O. The molecule has 1 aliphatic carbocycles. The summed E-state index contributed by atoms with van der Waals surface area (Å²) >= 11 is 0. The zero-order chi connectivity index (χ0) is 26.3. The number of nitrogens with zero attached hydrogens (tertiary/aromatic N) is 3. The number of hydrogen-bond donors (Lipinski definition) is 1. The van der Waals surface area contributed by atoms with Gasteiger partial charge in [-0.1, -0.05) is 12.1 Å². The van der Waals surface area contributed by atoms with E-state index in [0.29, 0.717) is 43.4 Å². The molecule has 2 heterocycles. The van der Waals surface area contributed by atoms with E-state index in [1.807, 2.05) is 19.2 Å². The van der Waals surface area contributed by atoms with Gasteiger partial charge in [0.2, 0.25) is 0 Å². The fourth-order valence-corrected chi connectivity index (χ4v) is 5.14. The molecule has 0 atom stereocenters. The van der Waals surface area contributed by atoms with Gasteiger partial charge >= 0.3 is 12.4 Å². The molecule has 36 heavy (non-hydrogen) atoms. The van der Waals surface area contributed by atoms with Crippen LogP contribution in [0.25, 0.3) is 0 Å². The molecule has 0 unspecified atom stereocenters. The van der Waals surface area contributed by atoms with Gasteiger partial charge in [0, 0.05) is 38.4 Å². The Morgan fingerprint density at radius 2 is 1.64 bits per heavy atom. The summed E-state index contributed by atoms with van der Waals surface area (Å²) in [5.41, 5.74) is -0.641. The fourth-order valence-electron chi connectivity index (χ4n) is 5.14. The minimum atomic E-state index is -5.00. The van der Waals surface area contributed by atoms with E-state index < -0.39 is 23.7 Å². The molecule has 4 rings (SSSR count). The number of halogens is 6. The van der Waals surface area contributed by atoms with Crippen molar-refractivity contribution in [3.63, 3.8) is 0 Å². The molecule has 196 valence electrons. The smallest absolute Gasteiger partial charge is 0.374 e. The van der Waals surface area contributed by atoms with Crippen molar-refractivity contribution >= 4 is 17.3 Å². The van der Waals surface area contributed by atoms with Crippen molar-refractivity contribution in [3.8, 4) is 0 Å². The maximum absolute atomic E-state index is 13.2. The van der Waals surface area contributed by atoms with Crippen molar-refractivity contribution in [2.45, 2.75) is 63.0 Å². The van der Waals surface area contributed by atoms with Crippen LogP contribution in [0.5, 0.6) is 0 Å². The first-order valence-corrected chi connectivity index (χ1v) is 11.9. The first-order valence-electron chi connectivity index (χ1n) is 11.9. The van der Waals surface area contributed by atoms with E-state index in [-0.39, 0.29) is 23.7 Å². The number of amides is 1. The first-order chi connectivity index (χ1) is 16.8. The SMILES string of the molecule is CN1CCCc2cccc(C(=O)NC3CCC(N(C)c4cc(C(F)(F)F)nc(C(F)(F)F)c4)CC3)c21. The van der Waals surface area contributed by atoms with Crippen LogP contribution in [0.2, 0.25) is 0 Å². The molecule has 0 bridgehead atoms. The molecule has 5 nitrogen and oxygen atoms in total. The molecule has 2 aromatic rings. The van der Waals surface area contributed by atoms with Crippen LogP contribution >= 0.6 is 0 Å². The van der Waals surface area contributed by atoms with Crippen LogP contribution in [0, 0.1) is 0 Å². The Bertz CT molecular complexity index is 1080. The summed E-state index contributed by atoms with van der Waals surface area (Å²) in [7, 11) is 3.45. The normalized spacial score (nSPS) is 20.6. The summed E-state index contributed by atoms with van der Waals surface area (Å²) in [5, 5.41) is 3.07. The number of pyridine rings is 1. The van der Waals surface area contributed by atoms with Crippen molar-refractivity contribution in [1.82, 2.24) is 10.3 Å². The van der Waals surface area contributed by atoms with Gasteiger partial charge < -0.3 is 15.1 Å². The molecule has 2 aliphatic rings. The number of aromatic nitrogens is 1. The highest BCUT2D eigenvalue weighted by Crippen LogP contribution is 2.37. The van der Waals surface area contributed by atoms with Crippen LogP contribution in [-0.4, -0.2) is 43.6 Å². The first kappa shape index (κ1) is 26.1. The second-order valence-electron chi connectivity index (χ2n) is 9.52. The number of carbonyl (C=O) groups is 1. The number of fused-ring (bicyclic) bond motifs is 1. The van der Waals surface area contributed by atoms with Crippen LogP contribution in [0.3, 0.4) is 0 Å². The molecule has 1 saturated carbocycles. The second-order valence-corrected chi connectivity index (χ2v) is 9.52. The predicted molar refractivity (Wildman–Crippen MR) is 124 cm³/mol. The molecule has 11 heteroatoms. The van der Waals surface area contributed by atoms with Crippen molar-refractivity contribution in [2.24, 2.45) is 0 Å². The van der Waals surface area contributed by atoms with Crippen LogP contribution in [-0.2, 0) is 18.8 Å². The van der Waals surface area contributed by atoms with Crippen molar-refractivity contribution in [3.05, 3.63) is 52.8 Å². The van der Waals surface area contributed by atoms with Crippen LogP contribution in [0.15, 0.2) is 30.3 Å². The second kappa shape index (κ2) is 9.82. The number of carbonyl (C=O) groups excluding carboxylic acids is 1. The van der Waals surface area contributed by atoms with E-state index in [9.17, 15) is 31.1 Å². The Balaban J connectivity index is 1.43. The van der Waals surface area contributed by atoms with E-state index in [1.54, 1.807) is 6.07 Å². The lowest BCUT2D eigenvalue weighted by molar-refractivity contribution is -0.150. The zero-order valence-corrected chi connectivity index (χ0v) is 20.0. The average molecular weight is 515 g/mol. The van der Waals surface area contributed by atoms with Crippen LogP contribution in [0.1, 0.15) is 59.4 Å². The Kier molecular flexibility index (Phi) is 7.12. The molecule has 1 N–H and O–H groups in total. The lowest BCUT2D eigenvalue weighted by Gasteiger charge is -2.37. The molecule has 1 aliphatic heterocycles. The lowest BCUT2D eigenvalue weighted by Crippen LogP contribution is -2.43. The number of rotatable bonds is 4. The summed E-state index contributed by atoms with van der Waals surface area (Å²) in [4.78, 5) is 19.4. The van der Waals surface area contributed by atoms with Crippen molar-refractivity contribution < 1.29 is 31.1 Å². The van der Waals surface area contributed by atoms with E-state index in [1.165, 1.54) is 11.9 Å². The third-order valence-electron chi connectivity index (χ3n) is 7.06. The number of anilines is 2. The van der Waals surface area contributed by atoms with Gasteiger partial charge in [-0.25, -0.2) is 4.98 Å². The molecule has 1 aromatic carbocycles. The Labute approximate surface area is 205 Å². The topological polar surface area (TPSA) is 48.5 Å². The van der Waals surface area contributed by atoms with Crippen molar-refractivity contribution in [2.75, 3.05) is 30.4 Å². The molecule has 0 spiro atoms. The summed E-state index contributed by atoms with van der Waals surface area (Å²) in [6.45, 7) is 0.871. The summed E-state index contributed by atoms with van der Waals surface area (Å²) in [5.74, 6) is -0.170. The van der Waals surface area contributed by atoms with E-state index >= 15 is 0 Å². The van der Waals surface area contributed by atoms with Gasteiger partial charge in [0.1, 0.15) is 11.4 Å². The minimum Gasteiger partial charge on any atom is -0.374 e. The standard InChI is InChI=1S/C25H28F6N4O/c1-34-12-4-6-15-5-3-7-19(22(15)34)23(36)32-16-8-10-17(11-9-16)35(2)18-13-20(24(26,27)28)33-21(14-18)25(29,30)31/h3,5,7,13-14,16-17H,4,6,8-12H2,1-2H3,(H,32,36). The van der Waals surface area contributed by atoms with Crippen LogP contribution < -0.4 is 15.1 Å². The maximum Gasteiger partial charge on any atom is 0.433 e. The number of aryl methyl sites for hydroxylation is 1. The number of nitrogens with one attached hydrogen (secondary N) is 1. The average Bonchev–Trinajstić information content (AvgIpc) is 2.82. The maximum atomic E-state index is 13.2. The third kappa shape index (κ3) is 5.54. The lowest BCUT2D eigenvalue weighted by atomic mass is 9.89. The van der Waals surface area contributed by atoms with Gasteiger partial charge in [0.15, 0.2) is 0 Å². The highest BCUT2D eigenvalue weighted by atomic mass is 19.4. The Morgan fingerprint density at radius 3 is 2.22 bits per heavy atom. The van der Waals surface area contributed by atoms with Gasteiger partial charge in [-0.2, -0.15) is 26.3 Å². The van der Waals surface area contributed by atoms with E-state index in [2.05, 4.69) is 15.2 Å². The molecule has 1 amide bonds. The van der Waals surface area contributed by atoms with Crippen molar-refractivity contribution in [1.29, 1.82) is 0 Å². The Hall–Kier alpha value is -2.98. The quantitative estimate of drug-likeness (QED) is 0.534. The van der Waals surface area contributed by atoms with Gasteiger partial charge in [-0.05, 0) is 62.3 Å². The molecule has 0 saturated heterocycles. The summed E-state index contributed by atoms with van der Waals surface area (Å²) < 4.78 is 79.2. The Morgan fingerprint density at radius 1 is 1.03 bits per heavy atom. The van der Waals surface area contributed by atoms with E-state index in [4.69, 9.17) is 0 Å².